The van der Waals surface area contributed by atoms with Crippen LogP contribution in [0.3, 0.4) is 0 Å². The first kappa shape index (κ1) is 18.8. The van der Waals surface area contributed by atoms with E-state index in [0.29, 0.717) is 12.5 Å². The van der Waals surface area contributed by atoms with E-state index in [0.717, 1.165) is 28.2 Å². The smallest absolute Gasteiger partial charge is 0.261 e. The van der Waals surface area contributed by atoms with Gasteiger partial charge in [0.15, 0.2) is 6.10 Å². The van der Waals surface area contributed by atoms with E-state index in [1.54, 1.807) is 14.0 Å². The second kappa shape index (κ2) is 8.56. The molecule has 4 nitrogen and oxygen atoms in total. The van der Waals surface area contributed by atoms with Gasteiger partial charge in [-0.15, -0.1) is 0 Å². The summed E-state index contributed by atoms with van der Waals surface area (Å²) in [5.41, 5.74) is 3.24. The third-order valence-corrected chi connectivity index (χ3v) is 4.09. The summed E-state index contributed by atoms with van der Waals surface area (Å²) in [7, 11) is 1.63. The number of carbonyl (C=O) groups is 1. The molecule has 2 rings (SSSR count). The second-order valence-electron chi connectivity index (χ2n) is 6.52. The summed E-state index contributed by atoms with van der Waals surface area (Å²) >= 11 is 0. The van der Waals surface area contributed by atoms with E-state index >= 15 is 0 Å². The van der Waals surface area contributed by atoms with Crippen LogP contribution in [0.5, 0.6) is 11.5 Å². The number of methoxy groups -OCH3 is 1. The minimum atomic E-state index is -0.558. The van der Waals surface area contributed by atoms with Crippen molar-refractivity contribution < 1.29 is 14.3 Å². The molecule has 0 saturated carbocycles. The molecule has 0 saturated heterocycles. The van der Waals surface area contributed by atoms with Crippen LogP contribution in [0.1, 0.15) is 43.4 Å². The van der Waals surface area contributed by atoms with Crippen molar-refractivity contribution in [1.29, 1.82) is 0 Å². The number of ether oxygens (including phenoxy) is 2. The largest absolute Gasteiger partial charge is 0.497 e. The van der Waals surface area contributed by atoms with Crippen LogP contribution in [0, 0.1) is 6.92 Å². The quantitative estimate of drug-likeness (QED) is 0.820. The van der Waals surface area contributed by atoms with Gasteiger partial charge in [0, 0.05) is 6.54 Å². The predicted molar refractivity (Wildman–Crippen MR) is 100 cm³/mol. The van der Waals surface area contributed by atoms with E-state index < -0.39 is 6.10 Å². The van der Waals surface area contributed by atoms with Gasteiger partial charge < -0.3 is 14.8 Å². The Bertz CT molecular complexity index is 708. The van der Waals surface area contributed by atoms with Gasteiger partial charge in [-0.25, -0.2) is 0 Å². The molecular formula is C21H27NO3. The molecule has 0 unspecified atom stereocenters. The average Bonchev–Trinajstić information content (AvgIpc) is 2.59. The maximum absolute atomic E-state index is 12.3. The van der Waals surface area contributed by atoms with Crippen molar-refractivity contribution in [3.63, 3.8) is 0 Å². The molecule has 4 heteroatoms. The molecule has 2 aromatic carbocycles. The zero-order valence-corrected chi connectivity index (χ0v) is 15.6. The third-order valence-electron chi connectivity index (χ3n) is 4.09. The molecule has 1 N–H and O–H groups in total. The lowest BCUT2D eigenvalue weighted by Crippen LogP contribution is -2.36. The Morgan fingerprint density at radius 3 is 2.36 bits per heavy atom. The van der Waals surface area contributed by atoms with Crippen molar-refractivity contribution in [3.05, 3.63) is 59.2 Å². The van der Waals surface area contributed by atoms with Gasteiger partial charge in [-0.2, -0.15) is 0 Å². The van der Waals surface area contributed by atoms with E-state index in [2.05, 4.69) is 31.3 Å². The molecular weight excluding hydrogens is 314 g/mol. The maximum atomic E-state index is 12.3. The lowest BCUT2D eigenvalue weighted by atomic mass is 10.0. The fraction of sp³-hybridized carbons (Fsp3) is 0.381. The highest BCUT2D eigenvalue weighted by molar-refractivity contribution is 5.80. The summed E-state index contributed by atoms with van der Waals surface area (Å²) in [5, 5.41) is 2.91. The molecule has 0 aliphatic carbocycles. The number of carbonyl (C=O) groups excluding carboxylic acids is 1. The molecule has 0 fully saturated rings. The van der Waals surface area contributed by atoms with Crippen LogP contribution >= 0.6 is 0 Å². The molecule has 0 heterocycles. The number of hydrogen-bond donors (Lipinski definition) is 1. The monoisotopic (exact) mass is 341 g/mol. The van der Waals surface area contributed by atoms with E-state index in [9.17, 15) is 4.79 Å². The van der Waals surface area contributed by atoms with Gasteiger partial charge in [0.1, 0.15) is 11.5 Å². The Morgan fingerprint density at radius 2 is 1.76 bits per heavy atom. The van der Waals surface area contributed by atoms with Crippen LogP contribution in [0.25, 0.3) is 0 Å². The highest BCUT2D eigenvalue weighted by atomic mass is 16.5. The van der Waals surface area contributed by atoms with Gasteiger partial charge in [0.2, 0.25) is 0 Å². The standard InChI is InChI=1S/C21H27NO3/c1-14(2)19-11-6-15(3)12-20(19)25-16(4)21(23)22-13-17-7-9-18(24-5)10-8-17/h6-12,14,16H,13H2,1-5H3,(H,22,23)/t16-/m0/s1. The van der Waals surface area contributed by atoms with Gasteiger partial charge in [0.05, 0.1) is 7.11 Å². The number of benzene rings is 2. The van der Waals surface area contributed by atoms with Gasteiger partial charge in [-0.05, 0) is 54.7 Å². The van der Waals surface area contributed by atoms with Crippen molar-refractivity contribution >= 4 is 5.91 Å². The lowest BCUT2D eigenvalue weighted by Gasteiger charge is -2.19. The second-order valence-corrected chi connectivity index (χ2v) is 6.52. The fourth-order valence-electron chi connectivity index (χ4n) is 2.54. The summed E-state index contributed by atoms with van der Waals surface area (Å²) in [4.78, 5) is 12.3. The van der Waals surface area contributed by atoms with E-state index in [-0.39, 0.29) is 5.91 Å². The number of rotatable bonds is 7. The van der Waals surface area contributed by atoms with Gasteiger partial charge in [-0.3, -0.25) is 4.79 Å². The molecule has 25 heavy (non-hydrogen) atoms. The highest BCUT2D eigenvalue weighted by Crippen LogP contribution is 2.28. The van der Waals surface area contributed by atoms with Crippen LogP contribution in [0.15, 0.2) is 42.5 Å². The van der Waals surface area contributed by atoms with Crippen molar-refractivity contribution in [3.8, 4) is 11.5 Å². The first-order chi connectivity index (χ1) is 11.9. The molecule has 0 spiro atoms. The van der Waals surface area contributed by atoms with E-state index in [4.69, 9.17) is 9.47 Å². The van der Waals surface area contributed by atoms with Crippen LogP contribution in [-0.2, 0) is 11.3 Å². The summed E-state index contributed by atoms with van der Waals surface area (Å²) in [6, 6.07) is 13.7. The lowest BCUT2D eigenvalue weighted by molar-refractivity contribution is -0.127. The van der Waals surface area contributed by atoms with Gasteiger partial charge in [0.25, 0.3) is 5.91 Å². The number of nitrogens with one attached hydrogen (secondary N) is 1. The fourth-order valence-corrected chi connectivity index (χ4v) is 2.54. The Labute approximate surface area is 150 Å². The topological polar surface area (TPSA) is 47.6 Å². The van der Waals surface area contributed by atoms with Gasteiger partial charge in [-0.1, -0.05) is 38.1 Å². The Kier molecular flexibility index (Phi) is 6.45. The Morgan fingerprint density at radius 1 is 1.08 bits per heavy atom. The van der Waals surface area contributed by atoms with E-state index in [1.807, 2.05) is 37.3 Å². The molecule has 0 aromatic heterocycles. The zero-order chi connectivity index (χ0) is 18.4. The molecule has 0 aliphatic rings. The maximum Gasteiger partial charge on any atom is 0.261 e. The third kappa shape index (κ3) is 5.24. The van der Waals surface area contributed by atoms with Crippen molar-refractivity contribution in [1.82, 2.24) is 5.32 Å². The first-order valence-electron chi connectivity index (χ1n) is 8.58. The number of amides is 1. The molecule has 1 atom stereocenters. The molecule has 2 aromatic rings. The molecule has 134 valence electrons. The minimum absolute atomic E-state index is 0.132. The zero-order valence-electron chi connectivity index (χ0n) is 15.6. The van der Waals surface area contributed by atoms with Crippen molar-refractivity contribution in [2.75, 3.05) is 7.11 Å². The molecule has 1 amide bonds. The minimum Gasteiger partial charge on any atom is -0.497 e. The normalized spacial score (nSPS) is 11.9. The molecule has 0 aliphatic heterocycles. The first-order valence-corrected chi connectivity index (χ1v) is 8.58. The molecule has 0 radical (unpaired) electrons. The summed E-state index contributed by atoms with van der Waals surface area (Å²) in [6.45, 7) is 8.49. The summed E-state index contributed by atoms with van der Waals surface area (Å²) < 4.78 is 11.1. The van der Waals surface area contributed by atoms with Crippen molar-refractivity contribution in [2.45, 2.75) is 46.3 Å². The van der Waals surface area contributed by atoms with Crippen LogP contribution in [0.4, 0.5) is 0 Å². The Balaban J connectivity index is 1.97. The average molecular weight is 341 g/mol. The van der Waals surface area contributed by atoms with Crippen LogP contribution in [0.2, 0.25) is 0 Å². The van der Waals surface area contributed by atoms with Gasteiger partial charge >= 0.3 is 0 Å². The Hall–Kier alpha value is -2.49. The van der Waals surface area contributed by atoms with E-state index in [1.165, 1.54) is 0 Å². The summed E-state index contributed by atoms with van der Waals surface area (Å²) in [5.74, 6) is 1.78. The summed E-state index contributed by atoms with van der Waals surface area (Å²) in [6.07, 6.45) is -0.558. The SMILES string of the molecule is COc1ccc(CNC(=O)[C@H](C)Oc2cc(C)ccc2C(C)C)cc1. The van der Waals surface area contributed by atoms with Crippen LogP contribution in [-0.4, -0.2) is 19.1 Å². The molecule has 0 bridgehead atoms. The predicted octanol–water partition coefficient (Wildman–Crippen LogP) is 4.21. The highest BCUT2D eigenvalue weighted by Gasteiger charge is 2.17. The number of aryl methyl sites for hydroxylation is 1. The number of hydrogen-bond acceptors (Lipinski definition) is 3. The van der Waals surface area contributed by atoms with Crippen LogP contribution < -0.4 is 14.8 Å². The van der Waals surface area contributed by atoms with Crippen molar-refractivity contribution in [2.24, 2.45) is 0 Å².